The van der Waals surface area contributed by atoms with Gasteiger partial charge in [0.2, 0.25) is 0 Å². The highest BCUT2D eigenvalue weighted by Gasteiger charge is 2.14. The second kappa shape index (κ2) is 6.18. The van der Waals surface area contributed by atoms with Gasteiger partial charge in [0.1, 0.15) is 5.75 Å². The summed E-state index contributed by atoms with van der Waals surface area (Å²) >= 11 is 5.30. The molecule has 3 rings (SSSR count). The molecule has 0 aliphatic rings. The Hall–Kier alpha value is -1.36. The maximum Gasteiger partial charge on any atom is 0.119 e. The predicted molar refractivity (Wildman–Crippen MR) is 93.4 cm³/mol. The van der Waals surface area contributed by atoms with Crippen molar-refractivity contribution in [3.8, 4) is 5.75 Å². The molecular formula is C17H16BrNOS. The summed E-state index contributed by atoms with van der Waals surface area (Å²) in [5, 5.41) is 5.82. The molecule has 1 atom stereocenters. The maximum absolute atomic E-state index is 5.28. The molecule has 0 radical (unpaired) electrons. The van der Waals surface area contributed by atoms with Gasteiger partial charge in [0, 0.05) is 4.88 Å². The molecule has 2 aromatic carbocycles. The lowest BCUT2D eigenvalue weighted by Crippen LogP contribution is -2.16. The summed E-state index contributed by atoms with van der Waals surface area (Å²) in [7, 11) is 3.69. The van der Waals surface area contributed by atoms with Crippen LogP contribution < -0.4 is 10.1 Å². The Morgan fingerprint density at radius 2 is 1.81 bits per heavy atom. The molecule has 3 aromatic rings. The van der Waals surface area contributed by atoms with Crippen LogP contribution in [0.1, 0.15) is 16.5 Å². The lowest BCUT2D eigenvalue weighted by Gasteiger charge is -2.16. The van der Waals surface area contributed by atoms with Crippen molar-refractivity contribution in [2.24, 2.45) is 0 Å². The average molecular weight is 362 g/mol. The van der Waals surface area contributed by atoms with E-state index in [0.29, 0.717) is 0 Å². The summed E-state index contributed by atoms with van der Waals surface area (Å²) in [5.74, 6) is 0.891. The molecule has 1 unspecified atom stereocenters. The van der Waals surface area contributed by atoms with E-state index < -0.39 is 0 Å². The van der Waals surface area contributed by atoms with Crippen LogP contribution in [0.25, 0.3) is 10.8 Å². The van der Waals surface area contributed by atoms with Gasteiger partial charge in [0.15, 0.2) is 0 Å². The zero-order valence-electron chi connectivity index (χ0n) is 11.9. The zero-order chi connectivity index (χ0) is 14.8. The van der Waals surface area contributed by atoms with Gasteiger partial charge in [-0.15, -0.1) is 11.3 Å². The standard InChI is InChI=1S/C17H16BrNOS/c1-19-17(15-7-8-16(18)21-15)13-4-3-12-10-14(20-2)6-5-11(12)9-13/h3-10,17,19H,1-2H3. The summed E-state index contributed by atoms with van der Waals surface area (Å²) < 4.78 is 6.43. The summed E-state index contributed by atoms with van der Waals surface area (Å²) in [6.45, 7) is 0. The number of ether oxygens (including phenoxy) is 1. The Bertz CT molecular complexity index is 768. The Balaban J connectivity index is 2.03. The smallest absolute Gasteiger partial charge is 0.119 e. The summed E-state index contributed by atoms with van der Waals surface area (Å²) in [4.78, 5) is 1.30. The van der Waals surface area contributed by atoms with E-state index in [1.165, 1.54) is 21.2 Å². The van der Waals surface area contributed by atoms with E-state index in [0.717, 1.165) is 9.54 Å². The normalized spacial score (nSPS) is 12.5. The first-order chi connectivity index (χ1) is 10.2. The molecule has 1 heterocycles. The van der Waals surface area contributed by atoms with Crippen LogP contribution in [0.4, 0.5) is 0 Å². The Morgan fingerprint density at radius 1 is 1.05 bits per heavy atom. The number of hydrogen-bond donors (Lipinski definition) is 1. The third-order valence-electron chi connectivity index (χ3n) is 3.57. The van der Waals surface area contributed by atoms with E-state index in [2.05, 4.69) is 63.7 Å². The maximum atomic E-state index is 5.28. The van der Waals surface area contributed by atoms with Crippen LogP contribution in [-0.4, -0.2) is 14.2 Å². The van der Waals surface area contributed by atoms with Gasteiger partial charge in [-0.25, -0.2) is 0 Å². The van der Waals surface area contributed by atoms with Crippen molar-refractivity contribution in [1.82, 2.24) is 5.32 Å². The predicted octanol–water partition coefficient (Wildman–Crippen LogP) is 4.98. The fourth-order valence-corrected chi connectivity index (χ4v) is 4.07. The molecule has 0 aliphatic carbocycles. The molecular weight excluding hydrogens is 346 g/mol. The second-order valence-electron chi connectivity index (χ2n) is 4.84. The van der Waals surface area contributed by atoms with Gasteiger partial charge >= 0.3 is 0 Å². The van der Waals surface area contributed by atoms with Gasteiger partial charge in [0.05, 0.1) is 16.9 Å². The monoisotopic (exact) mass is 361 g/mol. The van der Waals surface area contributed by atoms with E-state index in [4.69, 9.17) is 4.74 Å². The second-order valence-corrected chi connectivity index (χ2v) is 7.33. The van der Waals surface area contributed by atoms with E-state index in [9.17, 15) is 0 Å². The first kappa shape index (κ1) is 14.6. The highest BCUT2D eigenvalue weighted by molar-refractivity contribution is 9.11. The number of rotatable bonds is 4. The van der Waals surface area contributed by atoms with Gasteiger partial charge in [0.25, 0.3) is 0 Å². The number of nitrogens with one attached hydrogen (secondary N) is 1. The quantitative estimate of drug-likeness (QED) is 0.707. The summed E-state index contributed by atoms with van der Waals surface area (Å²) in [5.41, 5.74) is 1.27. The SMILES string of the molecule is CNC(c1ccc2cc(OC)ccc2c1)c1ccc(Br)s1. The highest BCUT2D eigenvalue weighted by atomic mass is 79.9. The fourth-order valence-electron chi connectivity index (χ4n) is 2.51. The van der Waals surface area contributed by atoms with E-state index in [-0.39, 0.29) is 6.04 Å². The minimum absolute atomic E-state index is 0.216. The molecule has 0 amide bonds. The molecule has 0 aliphatic heterocycles. The first-order valence-corrected chi connectivity index (χ1v) is 8.32. The number of hydrogen-bond acceptors (Lipinski definition) is 3. The number of benzene rings is 2. The van der Waals surface area contributed by atoms with Crippen LogP contribution in [0.3, 0.4) is 0 Å². The molecule has 0 saturated carbocycles. The zero-order valence-corrected chi connectivity index (χ0v) is 14.3. The van der Waals surface area contributed by atoms with Gasteiger partial charge < -0.3 is 10.1 Å². The fraction of sp³-hybridized carbons (Fsp3) is 0.176. The van der Waals surface area contributed by atoms with E-state index in [1.54, 1.807) is 18.4 Å². The number of fused-ring (bicyclic) bond motifs is 1. The van der Waals surface area contributed by atoms with Crippen LogP contribution in [0.5, 0.6) is 5.75 Å². The summed E-state index contributed by atoms with van der Waals surface area (Å²) in [6.07, 6.45) is 0. The molecule has 21 heavy (non-hydrogen) atoms. The van der Waals surface area contributed by atoms with Crippen molar-refractivity contribution < 1.29 is 4.74 Å². The Morgan fingerprint density at radius 3 is 2.48 bits per heavy atom. The lowest BCUT2D eigenvalue weighted by atomic mass is 10.0. The molecule has 108 valence electrons. The molecule has 0 saturated heterocycles. The largest absolute Gasteiger partial charge is 0.497 e. The van der Waals surface area contributed by atoms with Gasteiger partial charge in [-0.05, 0) is 69.6 Å². The highest BCUT2D eigenvalue weighted by Crippen LogP contribution is 2.32. The topological polar surface area (TPSA) is 21.3 Å². The molecule has 4 heteroatoms. The Labute approximate surface area is 136 Å². The molecule has 0 fully saturated rings. The molecule has 0 bridgehead atoms. The van der Waals surface area contributed by atoms with Crippen molar-refractivity contribution in [2.45, 2.75) is 6.04 Å². The van der Waals surface area contributed by atoms with Gasteiger partial charge in [-0.1, -0.05) is 18.2 Å². The van der Waals surface area contributed by atoms with Gasteiger partial charge in [-0.3, -0.25) is 0 Å². The van der Waals surface area contributed by atoms with Gasteiger partial charge in [-0.2, -0.15) is 0 Å². The van der Waals surface area contributed by atoms with Crippen molar-refractivity contribution in [2.75, 3.05) is 14.2 Å². The van der Waals surface area contributed by atoms with Crippen molar-refractivity contribution in [1.29, 1.82) is 0 Å². The Kier molecular flexibility index (Phi) is 4.29. The van der Waals surface area contributed by atoms with Crippen LogP contribution >= 0.6 is 27.3 Å². The van der Waals surface area contributed by atoms with Crippen LogP contribution in [-0.2, 0) is 0 Å². The van der Waals surface area contributed by atoms with Crippen LogP contribution in [0.2, 0.25) is 0 Å². The molecule has 1 aromatic heterocycles. The van der Waals surface area contributed by atoms with Crippen molar-refractivity contribution in [3.63, 3.8) is 0 Å². The number of thiophene rings is 1. The lowest BCUT2D eigenvalue weighted by molar-refractivity contribution is 0.415. The van der Waals surface area contributed by atoms with Crippen LogP contribution in [0, 0.1) is 0 Å². The number of methoxy groups -OCH3 is 1. The minimum atomic E-state index is 0.216. The minimum Gasteiger partial charge on any atom is -0.497 e. The van der Waals surface area contributed by atoms with Crippen LogP contribution in [0.15, 0.2) is 52.3 Å². The third-order valence-corrected chi connectivity index (χ3v) is 5.26. The van der Waals surface area contributed by atoms with Crippen molar-refractivity contribution in [3.05, 3.63) is 62.8 Å². The van der Waals surface area contributed by atoms with E-state index >= 15 is 0 Å². The molecule has 2 nitrogen and oxygen atoms in total. The third kappa shape index (κ3) is 2.98. The number of halogens is 1. The average Bonchev–Trinajstić information content (AvgIpc) is 2.93. The van der Waals surface area contributed by atoms with E-state index in [1.807, 2.05) is 13.1 Å². The van der Waals surface area contributed by atoms with Crippen molar-refractivity contribution >= 4 is 38.0 Å². The molecule has 1 N–H and O–H groups in total. The molecule has 0 spiro atoms. The summed E-state index contributed by atoms with van der Waals surface area (Å²) in [6, 6.07) is 17.2. The first-order valence-electron chi connectivity index (χ1n) is 6.71.